The van der Waals surface area contributed by atoms with Crippen LogP contribution in [0.15, 0.2) is 28.7 Å². The van der Waals surface area contributed by atoms with Gasteiger partial charge < -0.3 is 10.2 Å². The van der Waals surface area contributed by atoms with Gasteiger partial charge in [0.1, 0.15) is 6.04 Å². The molecule has 1 N–H and O–H groups in total. The molecule has 1 heterocycles. The summed E-state index contributed by atoms with van der Waals surface area (Å²) in [5.41, 5.74) is 0.657. The summed E-state index contributed by atoms with van der Waals surface area (Å²) in [7, 11) is 0. The summed E-state index contributed by atoms with van der Waals surface area (Å²) in [6.45, 7) is 9.94. The highest BCUT2D eigenvalue weighted by Gasteiger charge is 2.30. The van der Waals surface area contributed by atoms with Gasteiger partial charge in [-0.3, -0.25) is 14.5 Å². The molecule has 0 saturated carbocycles. The van der Waals surface area contributed by atoms with Gasteiger partial charge in [-0.05, 0) is 73.7 Å². The number of benzene rings is 1. The number of hydrogen-bond acceptors (Lipinski definition) is 4. The van der Waals surface area contributed by atoms with E-state index < -0.39 is 6.04 Å². The molecule has 1 fully saturated rings. The number of amides is 2. The van der Waals surface area contributed by atoms with Crippen LogP contribution < -0.4 is 5.32 Å². The minimum atomic E-state index is -0.492. The van der Waals surface area contributed by atoms with E-state index in [2.05, 4.69) is 46.9 Å². The fourth-order valence-electron chi connectivity index (χ4n) is 3.40. The molecule has 0 spiro atoms. The van der Waals surface area contributed by atoms with Crippen LogP contribution in [0.4, 0.5) is 0 Å². The smallest absolute Gasteiger partial charge is 0.253 e. The first-order valence-corrected chi connectivity index (χ1v) is 12.0. The molecular formula is C21H32BrN3O2S. The highest BCUT2D eigenvalue weighted by molar-refractivity contribution is 9.10. The van der Waals surface area contributed by atoms with Crippen molar-refractivity contribution in [3.8, 4) is 0 Å². The number of carbonyl (C=O) groups excluding carboxylic acids is 2. The Bertz CT molecular complexity index is 678. The van der Waals surface area contributed by atoms with E-state index in [0.717, 1.165) is 36.3 Å². The standard InChI is InChI=1S/C21H32BrN3O2S/c1-21(2,3)25-12-7-11-24(13-14-25)20(27)18(10-15-28-4)23-19(26)16-8-5-6-9-17(16)22/h5-6,8-9,18H,7,10-15H2,1-4H3,(H,23,26). The lowest BCUT2D eigenvalue weighted by atomic mass is 10.1. The van der Waals surface area contributed by atoms with E-state index in [1.165, 1.54) is 0 Å². The molecule has 7 heteroatoms. The van der Waals surface area contributed by atoms with Crippen molar-refractivity contribution in [3.63, 3.8) is 0 Å². The molecule has 1 aliphatic heterocycles. The highest BCUT2D eigenvalue weighted by Crippen LogP contribution is 2.18. The van der Waals surface area contributed by atoms with E-state index in [0.29, 0.717) is 18.5 Å². The molecule has 1 aromatic carbocycles. The topological polar surface area (TPSA) is 52.7 Å². The summed E-state index contributed by atoms with van der Waals surface area (Å²) in [6, 6.07) is 6.81. The lowest BCUT2D eigenvalue weighted by molar-refractivity contribution is -0.133. The molecular weight excluding hydrogens is 438 g/mol. The zero-order valence-electron chi connectivity index (χ0n) is 17.3. The van der Waals surface area contributed by atoms with E-state index in [1.54, 1.807) is 17.8 Å². The maximum atomic E-state index is 13.2. The average molecular weight is 470 g/mol. The van der Waals surface area contributed by atoms with Crippen LogP contribution >= 0.6 is 27.7 Å². The van der Waals surface area contributed by atoms with Crippen molar-refractivity contribution in [2.45, 2.75) is 45.2 Å². The van der Waals surface area contributed by atoms with E-state index in [4.69, 9.17) is 0 Å². The van der Waals surface area contributed by atoms with Crippen molar-refractivity contribution < 1.29 is 9.59 Å². The van der Waals surface area contributed by atoms with Gasteiger partial charge in [0, 0.05) is 36.2 Å². The molecule has 28 heavy (non-hydrogen) atoms. The van der Waals surface area contributed by atoms with Crippen LogP contribution in [0.5, 0.6) is 0 Å². The van der Waals surface area contributed by atoms with Crippen LogP contribution in [0.25, 0.3) is 0 Å². The maximum absolute atomic E-state index is 13.2. The van der Waals surface area contributed by atoms with Crippen LogP contribution in [0.2, 0.25) is 0 Å². The zero-order valence-corrected chi connectivity index (χ0v) is 19.7. The van der Waals surface area contributed by atoms with Crippen molar-refractivity contribution in [2.75, 3.05) is 38.2 Å². The first-order chi connectivity index (χ1) is 13.2. The Morgan fingerprint density at radius 3 is 2.54 bits per heavy atom. The number of carbonyl (C=O) groups is 2. The molecule has 1 aromatic rings. The molecule has 0 aromatic heterocycles. The largest absolute Gasteiger partial charge is 0.340 e. The molecule has 1 atom stereocenters. The summed E-state index contributed by atoms with van der Waals surface area (Å²) >= 11 is 5.11. The lowest BCUT2D eigenvalue weighted by Gasteiger charge is -2.34. The van der Waals surface area contributed by atoms with Gasteiger partial charge in [0.2, 0.25) is 5.91 Å². The normalized spacial score (nSPS) is 17.1. The third-order valence-corrected chi connectivity index (χ3v) is 6.42. The van der Waals surface area contributed by atoms with Gasteiger partial charge in [-0.1, -0.05) is 12.1 Å². The Hall–Kier alpha value is -1.05. The number of nitrogens with one attached hydrogen (secondary N) is 1. The molecule has 0 radical (unpaired) electrons. The first kappa shape index (κ1) is 23.2. The Labute approximate surface area is 181 Å². The van der Waals surface area contributed by atoms with Crippen LogP contribution in [-0.2, 0) is 4.79 Å². The number of hydrogen-bond donors (Lipinski definition) is 1. The summed E-state index contributed by atoms with van der Waals surface area (Å²) in [5, 5.41) is 2.98. The molecule has 5 nitrogen and oxygen atoms in total. The second kappa shape index (κ2) is 10.6. The first-order valence-electron chi connectivity index (χ1n) is 9.82. The molecule has 2 rings (SSSR count). The Morgan fingerprint density at radius 1 is 1.18 bits per heavy atom. The second-order valence-electron chi connectivity index (χ2n) is 8.12. The van der Waals surface area contributed by atoms with Gasteiger partial charge in [-0.15, -0.1) is 0 Å². The van der Waals surface area contributed by atoms with E-state index in [1.807, 2.05) is 29.4 Å². The third-order valence-electron chi connectivity index (χ3n) is 5.09. The predicted octanol–water partition coefficient (Wildman–Crippen LogP) is 3.63. The average Bonchev–Trinajstić information content (AvgIpc) is 2.91. The zero-order chi connectivity index (χ0) is 20.7. The van der Waals surface area contributed by atoms with Crippen molar-refractivity contribution in [1.82, 2.24) is 15.1 Å². The van der Waals surface area contributed by atoms with Crippen molar-refractivity contribution >= 4 is 39.5 Å². The van der Waals surface area contributed by atoms with Crippen molar-refractivity contribution in [3.05, 3.63) is 34.3 Å². The van der Waals surface area contributed by atoms with E-state index in [9.17, 15) is 9.59 Å². The Balaban J connectivity index is 2.08. The van der Waals surface area contributed by atoms with Crippen molar-refractivity contribution in [1.29, 1.82) is 0 Å². The van der Waals surface area contributed by atoms with Gasteiger partial charge in [0.15, 0.2) is 0 Å². The second-order valence-corrected chi connectivity index (χ2v) is 9.96. The number of halogens is 1. The Kier molecular flexibility index (Phi) is 8.83. The molecule has 156 valence electrons. The maximum Gasteiger partial charge on any atom is 0.253 e. The predicted molar refractivity (Wildman–Crippen MR) is 121 cm³/mol. The fraction of sp³-hybridized carbons (Fsp3) is 0.619. The SMILES string of the molecule is CSCCC(NC(=O)c1ccccc1Br)C(=O)N1CCCN(C(C)(C)C)CC1. The van der Waals surface area contributed by atoms with Crippen LogP contribution in [0.3, 0.4) is 0 Å². The Morgan fingerprint density at radius 2 is 1.89 bits per heavy atom. The van der Waals surface area contributed by atoms with Crippen LogP contribution in [0.1, 0.15) is 44.0 Å². The van der Waals surface area contributed by atoms with Gasteiger partial charge in [0.25, 0.3) is 5.91 Å². The van der Waals surface area contributed by atoms with Gasteiger partial charge in [0.05, 0.1) is 5.56 Å². The molecule has 1 aliphatic rings. The van der Waals surface area contributed by atoms with Gasteiger partial charge in [-0.2, -0.15) is 11.8 Å². The minimum absolute atomic E-state index is 0.0326. The summed E-state index contributed by atoms with van der Waals surface area (Å²) in [5.74, 6) is 0.650. The quantitative estimate of drug-likeness (QED) is 0.690. The van der Waals surface area contributed by atoms with E-state index in [-0.39, 0.29) is 17.4 Å². The molecule has 1 unspecified atom stereocenters. The molecule has 0 bridgehead atoms. The van der Waals surface area contributed by atoms with Gasteiger partial charge >= 0.3 is 0 Å². The number of rotatable bonds is 6. The fourth-order valence-corrected chi connectivity index (χ4v) is 4.34. The number of thioether (sulfide) groups is 1. The lowest BCUT2D eigenvalue weighted by Crippen LogP contribution is -2.50. The van der Waals surface area contributed by atoms with E-state index >= 15 is 0 Å². The molecule has 1 saturated heterocycles. The van der Waals surface area contributed by atoms with Gasteiger partial charge in [-0.25, -0.2) is 0 Å². The molecule has 0 aliphatic carbocycles. The molecule has 2 amide bonds. The van der Waals surface area contributed by atoms with Crippen molar-refractivity contribution in [2.24, 2.45) is 0 Å². The third kappa shape index (κ3) is 6.49. The number of nitrogens with zero attached hydrogens (tertiary/aromatic N) is 2. The van der Waals surface area contributed by atoms with Crippen LogP contribution in [0, 0.1) is 0 Å². The highest BCUT2D eigenvalue weighted by atomic mass is 79.9. The minimum Gasteiger partial charge on any atom is -0.340 e. The summed E-state index contributed by atoms with van der Waals surface area (Å²) in [4.78, 5) is 30.3. The summed E-state index contributed by atoms with van der Waals surface area (Å²) in [6.07, 6.45) is 3.61. The summed E-state index contributed by atoms with van der Waals surface area (Å²) < 4.78 is 0.735. The monoisotopic (exact) mass is 469 g/mol. The van der Waals surface area contributed by atoms with Crippen LogP contribution in [-0.4, -0.2) is 71.4 Å².